The molecule has 0 fully saturated rings. The summed E-state index contributed by atoms with van der Waals surface area (Å²) >= 11 is 8.39. The van der Waals surface area contributed by atoms with E-state index in [2.05, 4.69) is 20.7 Å². The molecule has 0 bridgehead atoms. The normalized spacial score (nSPS) is 8.93. The van der Waals surface area contributed by atoms with Gasteiger partial charge in [-0.1, -0.05) is 11.6 Å². The minimum atomic E-state index is -0.528. The van der Waals surface area contributed by atoms with Gasteiger partial charge < -0.3 is 4.74 Å². The molecule has 0 radical (unpaired) electrons. The molecule has 0 atom stereocenters. The molecule has 5 heteroatoms. The Hall–Kier alpha value is -0.450. The summed E-state index contributed by atoms with van der Waals surface area (Å²) < 4.78 is 17.1. The molecule has 0 aliphatic rings. The largest absolute Gasteiger partial charge is 0.388 e. The highest BCUT2D eigenvalue weighted by Crippen LogP contribution is 2.23. The average Bonchev–Trinajstić information content (AvgIpc) is 2.12. The van der Waals surface area contributed by atoms with Crippen molar-refractivity contribution in [2.75, 3.05) is 14.2 Å². The maximum atomic E-state index is 12.7. The number of halogens is 3. The van der Waals surface area contributed by atoms with Gasteiger partial charge in [-0.25, -0.2) is 4.39 Å². The van der Waals surface area contributed by atoms with Crippen LogP contribution in [0, 0.1) is 5.82 Å². The highest BCUT2D eigenvalue weighted by atomic mass is 79.9. The molecule has 0 heterocycles. The summed E-state index contributed by atoms with van der Waals surface area (Å²) in [5, 5.41) is 0.216. The minimum Gasteiger partial charge on any atom is -0.388 e. The number of ether oxygens (including phenoxy) is 1. The van der Waals surface area contributed by atoms with Crippen molar-refractivity contribution in [2.24, 2.45) is 0 Å². The molecule has 0 spiro atoms. The smallest absolute Gasteiger partial charge is 0.151 e. The van der Waals surface area contributed by atoms with Crippen molar-refractivity contribution in [3.8, 4) is 0 Å². The van der Waals surface area contributed by atoms with Crippen LogP contribution < -0.4 is 0 Å². The van der Waals surface area contributed by atoms with Crippen molar-refractivity contribution >= 4 is 33.8 Å². The fraction of sp³-hybridized carbons (Fsp3) is 0.222. The van der Waals surface area contributed by atoms with Crippen LogP contribution in [0.15, 0.2) is 16.6 Å². The minimum absolute atomic E-state index is 0.150. The lowest BCUT2D eigenvalue weighted by Gasteiger charge is -1.97. The lowest BCUT2D eigenvalue weighted by molar-refractivity contribution is 0.112. The van der Waals surface area contributed by atoms with Gasteiger partial charge in [0.05, 0.1) is 4.47 Å². The van der Waals surface area contributed by atoms with Gasteiger partial charge >= 0.3 is 0 Å². The second kappa shape index (κ2) is 6.92. The topological polar surface area (TPSA) is 26.3 Å². The average molecular weight is 284 g/mol. The Morgan fingerprint density at radius 1 is 1.50 bits per heavy atom. The maximum absolute atomic E-state index is 12.7. The predicted molar refractivity (Wildman–Crippen MR) is 57.4 cm³/mol. The van der Waals surface area contributed by atoms with Gasteiger partial charge in [-0.15, -0.1) is 0 Å². The summed E-state index contributed by atoms with van der Waals surface area (Å²) in [5.41, 5.74) is 0.218. The van der Waals surface area contributed by atoms with Crippen LogP contribution in [0.1, 0.15) is 10.4 Å². The van der Waals surface area contributed by atoms with Gasteiger partial charge in [0.25, 0.3) is 0 Å². The van der Waals surface area contributed by atoms with E-state index in [0.717, 1.165) is 6.07 Å². The Morgan fingerprint density at radius 2 is 2.00 bits per heavy atom. The van der Waals surface area contributed by atoms with Crippen LogP contribution in [0.4, 0.5) is 4.39 Å². The van der Waals surface area contributed by atoms with Crippen LogP contribution in [0.3, 0.4) is 0 Å². The van der Waals surface area contributed by atoms with E-state index in [0.29, 0.717) is 6.29 Å². The molecule has 1 aromatic rings. The predicted octanol–water partition coefficient (Wildman–Crippen LogP) is 3.32. The summed E-state index contributed by atoms with van der Waals surface area (Å²) in [6.45, 7) is 0. The molecule has 0 aromatic heterocycles. The molecule has 0 amide bonds. The Balaban J connectivity index is 0.000000500. The first-order valence-electron chi connectivity index (χ1n) is 3.56. The van der Waals surface area contributed by atoms with Crippen LogP contribution in [0.5, 0.6) is 0 Å². The molecular weight excluding hydrogens is 274 g/mol. The van der Waals surface area contributed by atoms with Crippen LogP contribution >= 0.6 is 27.5 Å². The van der Waals surface area contributed by atoms with Crippen LogP contribution in [0.2, 0.25) is 5.02 Å². The molecule has 0 N–H and O–H groups in total. The van der Waals surface area contributed by atoms with E-state index < -0.39 is 5.82 Å². The molecule has 0 unspecified atom stereocenters. The third kappa shape index (κ3) is 4.17. The summed E-state index contributed by atoms with van der Waals surface area (Å²) in [6.07, 6.45) is 0.541. The van der Waals surface area contributed by atoms with Gasteiger partial charge in [0, 0.05) is 24.8 Å². The van der Waals surface area contributed by atoms with Gasteiger partial charge in [0.2, 0.25) is 0 Å². The molecular formula is C9H9BrClFO2. The fourth-order valence-electron chi connectivity index (χ4n) is 0.662. The van der Waals surface area contributed by atoms with E-state index in [1.165, 1.54) is 6.07 Å². The van der Waals surface area contributed by atoms with Crippen LogP contribution in [0.25, 0.3) is 0 Å². The molecule has 2 nitrogen and oxygen atoms in total. The maximum Gasteiger partial charge on any atom is 0.151 e. The highest BCUT2D eigenvalue weighted by Gasteiger charge is 2.05. The molecule has 0 aliphatic heterocycles. The number of carbonyl (C=O) groups is 1. The Kier molecular flexibility index (Phi) is 6.70. The summed E-state index contributed by atoms with van der Waals surface area (Å²) in [5.74, 6) is -0.528. The van der Waals surface area contributed by atoms with Gasteiger partial charge in [0.15, 0.2) is 6.29 Å². The molecule has 0 aliphatic carbocycles. The number of rotatable bonds is 1. The van der Waals surface area contributed by atoms with E-state index in [-0.39, 0.29) is 15.1 Å². The van der Waals surface area contributed by atoms with E-state index in [1.54, 1.807) is 14.2 Å². The fourth-order valence-corrected chi connectivity index (χ4v) is 1.20. The Labute approximate surface area is 95.1 Å². The zero-order chi connectivity index (χ0) is 11.1. The molecule has 1 aromatic carbocycles. The lowest BCUT2D eigenvalue weighted by atomic mass is 10.2. The SMILES string of the molecule is COC.O=Cc1cc(Cl)cc(F)c1Br. The molecule has 78 valence electrons. The molecule has 14 heavy (non-hydrogen) atoms. The first-order valence-corrected chi connectivity index (χ1v) is 4.73. The lowest BCUT2D eigenvalue weighted by Crippen LogP contribution is -1.86. The van der Waals surface area contributed by atoms with Crippen molar-refractivity contribution in [1.29, 1.82) is 0 Å². The van der Waals surface area contributed by atoms with Crippen molar-refractivity contribution in [3.05, 3.63) is 33.0 Å². The van der Waals surface area contributed by atoms with Crippen LogP contribution in [-0.4, -0.2) is 20.5 Å². The standard InChI is InChI=1S/C7H3BrClFO.C2H6O/c8-7-4(3-11)1-5(9)2-6(7)10;1-3-2/h1-3H;1-2H3. The second-order valence-electron chi connectivity index (χ2n) is 2.32. The quantitative estimate of drug-likeness (QED) is 0.584. The Morgan fingerprint density at radius 3 is 2.43 bits per heavy atom. The monoisotopic (exact) mass is 282 g/mol. The van der Waals surface area contributed by atoms with Gasteiger partial charge in [-0.2, -0.15) is 0 Å². The highest BCUT2D eigenvalue weighted by molar-refractivity contribution is 9.10. The van der Waals surface area contributed by atoms with Crippen molar-refractivity contribution in [1.82, 2.24) is 0 Å². The molecule has 0 saturated carbocycles. The number of hydrogen-bond acceptors (Lipinski definition) is 2. The van der Waals surface area contributed by atoms with E-state index in [1.807, 2.05) is 0 Å². The third-order valence-corrected chi connectivity index (χ3v) is 2.20. The third-order valence-electron chi connectivity index (χ3n) is 1.15. The zero-order valence-electron chi connectivity index (χ0n) is 7.68. The number of methoxy groups -OCH3 is 1. The van der Waals surface area contributed by atoms with Crippen molar-refractivity contribution in [3.63, 3.8) is 0 Å². The van der Waals surface area contributed by atoms with Gasteiger partial charge in [-0.3, -0.25) is 4.79 Å². The first kappa shape index (κ1) is 13.5. The zero-order valence-corrected chi connectivity index (χ0v) is 10.0. The number of carbonyl (C=O) groups excluding carboxylic acids is 1. The molecule has 0 saturated heterocycles. The first-order chi connectivity index (χ1) is 6.56. The molecule has 1 rings (SSSR count). The summed E-state index contributed by atoms with van der Waals surface area (Å²) in [6, 6.07) is 2.53. The van der Waals surface area contributed by atoms with E-state index >= 15 is 0 Å². The van der Waals surface area contributed by atoms with E-state index in [9.17, 15) is 9.18 Å². The number of aldehydes is 1. The van der Waals surface area contributed by atoms with Gasteiger partial charge in [-0.05, 0) is 28.1 Å². The van der Waals surface area contributed by atoms with Crippen molar-refractivity contribution in [2.45, 2.75) is 0 Å². The second-order valence-corrected chi connectivity index (χ2v) is 3.55. The number of benzene rings is 1. The number of hydrogen-bond donors (Lipinski definition) is 0. The summed E-state index contributed by atoms with van der Waals surface area (Å²) in [7, 11) is 3.25. The van der Waals surface area contributed by atoms with Crippen LogP contribution in [-0.2, 0) is 4.74 Å². The van der Waals surface area contributed by atoms with E-state index in [4.69, 9.17) is 11.6 Å². The van der Waals surface area contributed by atoms with Gasteiger partial charge in [0.1, 0.15) is 5.82 Å². The Bertz CT molecular complexity index is 318. The van der Waals surface area contributed by atoms with Crippen molar-refractivity contribution < 1.29 is 13.9 Å². The summed E-state index contributed by atoms with van der Waals surface area (Å²) in [4.78, 5) is 10.3.